The smallest absolute Gasteiger partial charge is 0.309 e. The first kappa shape index (κ1) is 11.9. The summed E-state index contributed by atoms with van der Waals surface area (Å²) in [7, 11) is 1.88. The standard InChI is InChI=1S/C13H18N2O2/c1-3-4-5-6-17-13(16)12-7-11(12)10-8-14-15(2)9-10/h4-5,8-9,11-12H,3,6-7H2,1-2H3. The van der Waals surface area contributed by atoms with Crippen molar-refractivity contribution in [3.8, 4) is 0 Å². The average molecular weight is 234 g/mol. The van der Waals surface area contributed by atoms with Crippen LogP contribution in [-0.2, 0) is 16.6 Å². The molecule has 0 aromatic carbocycles. The monoisotopic (exact) mass is 234 g/mol. The molecule has 17 heavy (non-hydrogen) atoms. The second-order valence-corrected chi connectivity index (χ2v) is 4.41. The van der Waals surface area contributed by atoms with Crippen LogP contribution in [0.15, 0.2) is 24.5 Å². The van der Waals surface area contributed by atoms with Gasteiger partial charge in [0.05, 0.1) is 12.1 Å². The van der Waals surface area contributed by atoms with Crippen LogP contribution >= 0.6 is 0 Å². The van der Waals surface area contributed by atoms with Crippen molar-refractivity contribution < 1.29 is 9.53 Å². The predicted octanol–water partition coefficient (Wildman–Crippen LogP) is 2.03. The molecule has 1 aromatic heterocycles. The van der Waals surface area contributed by atoms with Gasteiger partial charge in [0, 0.05) is 19.2 Å². The van der Waals surface area contributed by atoms with Gasteiger partial charge in [0.2, 0.25) is 0 Å². The van der Waals surface area contributed by atoms with Crippen molar-refractivity contribution in [3.05, 3.63) is 30.1 Å². The molecule has 1 saturated carbocycles. The van der Waals surface area contributed by atoms with E-state index >= 15 is 0 Å². The van der Waals surface area contributed by atoms with E-state index in [9.17, 15) is 4.79 Å². The summed E-state index contributed by atoms with van der Waals surface area (Å²) in [4.78, 5) is 11.7. The molecule has 0 aliphatic heterocycles. The Morgan fingerprint density at radius 2 is 2.47 bits per heavy atom. The van der Waals surface area contributed by atoms with Crippen molar-refractivity contribution >= 4 is 5.97 Å². The van der Waals surface area contributed by atoms with Crippen LogP contribution in [0.5, 0.6) is 0 Å². The van der Waals surface area contributed by atoms with Crippen molar-refractivity contribution in [3.63, 3.8) is 0 Å². The number of aryl methyl sites for hydroxylation is 1. The van der Waals surface area contributed by atoms with Gasteiger partial charge in [-0.2, -0.15) is 5.10 Å². The van der Waals surface area contributed by atoms with E-state index in [4.69, 9.17) is 4.74 Å². The van der Waals surface area contributed by atoms with Crippen LogP contribution in [0.4, 0.5) is 0 Å². The highest BCUT2D eigenvalue weighted by atomic mass is 16.5. The lowest BCUT2D eigenvalue weighted by Gasteiger charge is -2.00. The SMILES string of the molecule is CCC=CCOC(=O)C1CC1c1cnn(C)c1. The van der Waals surface area contributed by atoms with Crippen molar-refractivity contribution in [2.45, 2.75) is 25.7 Å². The maximum Gasteiger partial charge on any atom is 0.309 e. The highest BCUT2D eigenvalue weighted by molar-refractivity contribution is 5.77. The summed E-state index contributed by atoms with van der Waals surface area (Å²) in [5, 5.41) is 4.11. The fourth-order valence-electron chi connectivity index (χ4n) is 1.93. The van der Waals surface area contributed by atoms with E-state index in [1.54, 1.807) is 4.68 Å². The van der Waals surface area contributed by atoms with Crippen LogP contribution in [0.2, 0.25) is 0 Å². The number of carbonyl (C=O) groups is 1. The van der Waals surface area contributed by atoms with Crippen LogP contribution in [-0.4, -0.2) is 22.4 Å². The lowest BCUT2D eigenvalue weighted by Crippen LogP contribution is -2.07. The maximum atomic E-state index is 11.7. The molecule has 0 amide bonds. The number of carbonyl (C=O) groups excluding carboxylic acids is 1. The molecule has 0 N–H and O–H groups in total. The molecule has 1 aliphatic carbocycles. The molecule has 1 aromatic rings. The third kappa shape index (κ3) is 2.96. The first-order chi connectivity index (χ1) is 8.22. The fraction of sp³-hybridized carbons (Fsp3) is 0.538. The quantitative estimate of drug-likeness (QED) is 0.578. The number of ether oxygens (including phenoxy) is 1. The van der Waals surface area contributed by atoms with Gasteiger partial charge in [-0.1, -0.05) is 19.1 Å². The van der Waals surface area contributed by atoms with E-state index in [1.165, 1.54) is 0 Å². The number of hydrogen-bond donors (Lipinski definition) is 0. The first-order valence-corrected chi connectivity index (χ1v) is 6.02. The minimum atomic E-state index is -0.0837. The highest BCUT2D eigenvalue weighted by Crippen LogP contribution is 2.47. The molecule has 92 valence electrons. The molecule has 4 nitrogen and oxygen atoms in total. The van der Waals surface area contributed by atoms with Gasteiger partial charge in [-0.15, -0.1) is 0 Å². The Balaban J connectivity index is 1.78. The maximum absolute atomic E-state index is 11.7. The summed E-state index contributed by atoms with van der Waals surface area (Å²) in [6, 6.07) is 0. The molecular formula is C13H18N2O2. The lowest BCUT2D eigenvalue weighted by molar-refractivity contribution is -0.144. The normalized spacial score (nSPS) is 22.9. The number of rotatable bonds is 5. The Kier molecular flexibility index (Phi) is 3.61. The summed E-state index contributed by atoms with van der Waals surface area (Å²) in [6.45, 7) is 2.45. The van der Waals surface area contributed by atoms with Gasteiger partial charge >= 0.3 is 5.97 Å². The largest absolute Gasteiger partial charge is 0.461 e. The molecule has 4 heteroatoms. The fourth-order valence-corrected chi connectivity index (χ4v) is 1.93. The number of aromatic nitrogens is 2. The van der Waals surface area contributed by atoms with E-state index < -0.39 is 0 Å². The van der Waals surface area contributed by atoms with E-state index in [0.29, 0.717) is 12.5 Å². The molecule has 1 fully saturated rings. The third-order valence-corrected chi connectivity index (χ3v) is 2.97. The van der Waals surface area contributed by atoms with Crippen molar-refractivity contribution in [2.24, 2.45) is 13.0 Å². The topological polar surface area (TPSA) is 44.1 Å². The van der Waals surface area contributed by atoms with Crippen LogP contribution < -0.4 is 0 Å². The molecule has 1 aliphatic rings. The Labute approximate surface area is 101 Å². The lowest BCUT2D eigenvalue weighted by atomic mass is 10.2. The zero-order valence-electron chi connectivity index (χ0n) is 10.3. The molecule has 2 unspecified atom stereocenters. The van der Waals surface area contributed by atoms with Crippen LogP contribution in [0.25, 0.3) is 0 Å². The number of nitrogens with zero attached hydrogens (tertiary/aromatic N) is 2. The number of hydrogen-bond acceptors (Lipinski definition) is 3. The Bertz CT molecular complexity index is 423. The van der Waals surface area contributed by atoms with E-state index in [2.05, 4.69) is 12.0 Å². The molecule has 0 radical (unpaired) electrons. The van der Waals surface area contributed by atoms with Crippen molar-refractivity contribution in [2.75, 3.05) is 6.61 Å². The first-order valence-electron chi connectivity index (χ1n) is 6.02. The minimum Gasteiger partial charge on any atom is -0.461 e. The summed E-state index contributed by atoms with van der Waals surface area (Å²) in [5.41, 5.74) is 1.14. The van der Waals surface area contributed by atoms with Gasteiger partial charge in [-0.05, 0) is 18.4 Å². The van der Waals surface area contributed by atoms with Crippen molar-refractivity contribution in [1.29, 1.82) is 0 Å². The van der Waals surface area contributed by atoms with Crippen LogP contribution in [0, 0.1) is 5.92 Å². The predicted molar refractivity (Wildman–Crippen MR) is 64.4 cm³/mol. The second-order valence-electron chi connectivity index (χ2n) is 4.41. The molecule has 0 bridgehead atoms. The average Bonchev–Trinajstić information content (AvgIpc) is 3.01. The number of allylic oxidation sites excluding steroid dienone is 1. The van der Waals surface area contributed by atoms with Gasteiger partial charge in [-0.3, -0.25) is 9.48 Å². The van der Waals surface area contributed by atoms with Gasteiger partial charge in [0.25, 0.3) is 0 Å². The van der Waals surface area contributed by atoms with Crippen molar-refractivity contribution in [1.82, 2.24) is 9.78 Å². The van der Waals surface area contributed by atoms with Crippen LogP contribution in [0.3, 0.4) is 0 Å². The van der Waals surface area contributed by atoms with E-state index in [1.807, 2.05) is 31.6 Å². The summed E-state index contributed by atoms with van der Waals surface area (Å²) in [6.07, 6.45) is 9.54. The Morgan fingerprint density at radius 3 is 3.12 bits per heavy atom. The van der Waals surface area contributed by atoms with Gasteiger partial charge in [0.1, 0.15) is 6.61 Å². The number of esters is 1. The third-order valence-electron chi connectivity index (χ3n) is 2.97. The molecule has 2 atom stereocenters. The summed E-state index contributed by atoms with van der Waals surface area (Å²) < 4.78 is 6.94. The zero-order valence-corrected chi connectivity index (χ0v) is 10.3. The van der Waals surface area contributed by atoms with Gasteiger partial charge < -0.3 is 4.74 Å². The zero-order chi connectivity index (χ0) is 12.3. The minimum absolute atomic E-state index is 0.0363. The van der Waals surface area contributed by atoms with E-state index in [-0.39, 0.29) is 11.9 Å². The summed E-state index contributed by atoms with van der Waals surface area (Å²) in [5.74, 6) is 0.264. The van der Waals surface area contributed by atoms with Crippen LogP contribution in [0.1, 0.15) is 31.2 Å². The van der Waals surface area contributed by atoms with E-state index in [0.717, 1.165) is 18.4 Å². The Morgan fingerprint density at radius 1 is 1.65 bits per heavy atom. The molecule has 2 rings (SSSR count). The summed E-state index contributed by atoms with van der Waals surface area (Å²) >= 11 is 0. The Hall–Kier alpha value is -1.58. The molecule has 0 saturated heterocycles. The highest BCUT2D eigenvalue weighted by Gasteiger charge is 2.45. The van der Waals surface area contributed by atoms with Gasteiger partial charge in [-0.25, -0.2) is 0 Å². The second kappa shape index (κ2) is 5.17. The van der Waals surface area contributed by atoms with Gasteiger partial charge in [0.15, 0.2) is 0 Å². The molecular weight excluding hydrogens is 216 g/mol. The molecule has 0 spiro atoms. The molecule has 1 heterocycles.